The third kappa shape index (κ3) is 2.61. The van der Waals surface area contributed by atoms with Crippen LogP contribution in [0, 0.1) is 0 Å². The fraction of sp³-hybridized carbons (Fsp3) is 0.250. The van der Waals surface area contributed by atoms with E-state index in [1.165, 1.54) is 0 Å². The number of carboxylic acid groups (broad SMARTS) is 1. The smallest absolute Gasteiger partial charge is 0.322 e. The summed E-state index contributed by atoms with van der Waals surface area (Å²) in [4.78, 5) is 14.3. The van der Waals surface area contributed by atoms with Crippen LogP contribution < -0.4 is 0 Å². The zero-order valence-electron chi connectivity index (χ0n) is 9.35. The quantitative estimate of drug-likeness (QED) is 0.662. The second kappa shape index (κ2) is 5.05. The van der Waals surface area contributed by atoms with Crippen molar-refractivity contribution in [2.75, 3.05) is 7.05 Å². The molecule has 0 fully saturated rings. The molecule has 2 N–H and O–H groups in total. The lowest BCUT2D eigenvalue weighted by Crippen LogP contribution is -2.33. The summed E-state index contributed by atoms with van der Waals surface area (Å²) in [6, 6.07) is 7.41. The van der Waals surface area contributed by atoms with Gasteiger partial charge in [-0.2, -0.15) is 0 Å². The maximum absolute atomic E-state index is 11.1. The molecule has 0 unspecified atom stereocenters. The molecule has 0 aliphatic rings. The molecular weight excluding hydrogens is 331 g/mol. The van der Waals surface area contributed by atoms with Crippen molar-refractivity contribution in [1.82, 2.24) is 8.10 Å². The number of hydrogen-bond donors (Lipinski definition) is 2. The van der Waals surface area contributed by atoms with Crippen molar-refractivity contribution in [1.29, 1.82) is 0 Å². The number of nitrogens with one attached hydrogen (secondary N) is 1. The Morgan fingerprint density at radius 3 is 2.88 bits per heavy atom. The molecule has 1 heterocycles. The van der Waals surface area contributed by atoms with Crippen LogP contribution in [0.1, 0.15) is 5.56 Å². The SMILES string of the molecule is CN(I)[C@@H](Cc1c[nH]c2ccccc12)C(=O)O. The molecule has 90 valence electrons. The number of fused-ring (bicyclic) bond motifs is 1. The molecule has 1 aromatic carbocycles. The average molecular weight is 344 g/mol. The van der Waals surface area contributed by atoms with E-state index in [-0.39, 0.29) is 0 Å². The van der Waals surface area contributed by atoms with Gasteiger partial charge < -0.3 is 10.1 Å². The first-order valence-corrected chi connectivity index (χ1v) is 6.22. The van der Waals surface area contributed by atoms with E-state index in [2.05, 4.69) is 4.98 Å². The van der Waals surface area contributed by atoms with Crippen molar-refractivity contribution < 1.29 is 9.90 Å². The van der Waals surface area contributed by atoms with Crippen LogP contribution in [0.4, 0.5) is 0 Å². The van der Waals surface area contributed by atoms with Gasteiger partial charge in [0, 0.05) is 46.4 Å². The summed E-state index contributed by atoms with van der Waals surface area (Å²) in [6.45, 7) is 0. The highest BCUT2D eigenvalue weighted by Crippen LogP contribution is 2.21. The van der Waals surface area contributed by atoms with Crippen LogP contribution in [-0.4, -0.2) is 32.3 Å². The van der Waals surface area contributed by atoms with Crippen molar-refractivity contribution in [2.24, 2.45) is 0 Å². The Bertz CT molecular complexity index is 536. The molecule has 0 bridgehead atoms. The molecule has 0 aliphatic carbocycles. The van der Waals surface area contributed by atoms with Gasteiger partial charge in [-0.15, -0.1) is 0 Å². The van der Waals surface area contributed by atoms with Crippen molar-refractivity contribution in [2.45, 2.75) is 12.5 Å². The number of para-hydroxylation sites is 1. The van der Waals surface area contributed by atoms with Crippen LogP contribution in [0.3, 0.4) is 0 Å². The molecule has 4 nitrogen and oxygen atoms in total. The maximum Gasteiger partial charge on any atom is 0.322 e. The van der Waals surface area contributed by atoms with E-state index in [1.807, 2.05) is 53.3 Å². The molecule has 2 rings (SSSR count). The molecular formula is C12H13IN2O2. The van der Waals surface area contributed by atoms with E-state index in [0.717, 1.165) is 16.5 Å². The van der Waals surface area contributed by atoms with Crippen LogP contribution in [0.15, 0.2) is 30.5 Å². The topological polar surface area (TPSA) is 56.3 Å². The Morgan fingerprint density at radius 2 is 2.24 bits per heavy atom. The number of aliphatic carboxylic acids is 1. The Hall–Kier alpha value is -1.08. The van der Waals surface area contributed by atoms with Gasteiger partial charge in [-0.25, -0.2) is 3.11 Å². The zero-order chi connectivity index (χ0) is 12.4. The second-order valence-corrected chi connectivity index (χ2v) is 5.46. The molecule has 2 aromatic rings. The zero-order valence-corrected chi connectivity index (χ0v) is 11.5. The molecule has 0 saturated heterocycles. The van der Waals surface area contributed by atoms with Gasteiger partial charge in [-0.1, -0.05) is 18.2 Å². The second-order valence-electron chi connectivity index (χ2n) is 3.94. The van der Waals surface area contributed by atoms with Crippen LogP contribution in [-0.2, 0) is 11.2 Å². The number of nitrogens with zero attached hydrogens (tertiary/aromatic N) is 1. The standard InChI is InChI=1S/C12H13IN2O2/c1-15(13)11(12(16)17)6-8-7-14-10-5-3-2-4-9(8)10/h2-5,7,11,14H,6H2,1H3,(H,16,17)/t11-/m0/s1. The first-order chi connectivity index (χ1) is 8.09. The summed E-state index contributed by atoms with van der Waals surface area (Å²) in [5, 5.41) is 10.3. The monoisotopic (exact) mass is 344 g/mol. The molecule has 1 aromatic heterocycles. The first kappa shape index (κ1) is 12.4. The molecule has 17 heavy (non-hydrogen) atoms. The normalized spacial score (nSPS) is 13.1. The minimum absolute atomic E-state index is 0.499. The maximum atomic E-state index is 11.1. The van der Waals surface area contributed by atoms with Gasteiger partial charge in [0.2, 0.25) is 0 Å². The van der Waals surface area contributed by atoms with E-state index in [1.54, 1.807) is 10.2 Å². The van der Waals surface area contributed by atoms with Crippen molar-refractivity contribution >= 4 is 39.7 Å². The van der Waals surface area contributed by atoms with Gasteiger partial charge in [-0.3, -0.25) is 4.79 Å². The Labute approximate surface area is 113 Å². The number of aromatic nitrogens is 1. The number of carbonyl (C=O) groups is 1. The molecule has 0 aliphatic heterocycles. The van der Waals surface area contributed by atoms with Crippen molar-refractivity contribution in [3.8, 4) is 0 Å². The molecule has 0 amide bonds. The molecule has 0 spiro atoms. The summed E-state index contributed by atoms with van der Waals surface area (Å²) in [5.41, 5.74) is 2.08. The van der Waals surface area contributed by atoms with Crippen molar-refractivity contribution in [3.05, 3.63) is 36.0 Å². The Balaban J connectivity index is 2.31. The fourth-order valence-electron chi connectivity index (χ4n) is 1.87. The van der Waals surface area contributed by atoms with E-state index in [9.17, 15) is 4.79 Å². The highest BCUT2D eigenvalue weighted by atomic mass is 127. The largest absolute Gasteiger partial charge is 0.480 e. The molecule has 0 radical (unpaired) electrons. The summed E-state index contributed by atoms with van der Waals surface area (Å²) >= 11 is 2.01. The predicted octanol–water partition coefficient (Wildman–Crippen LogP) is 2.45. The van der Waals surface area contributed by atoms with Gasteiger partial charge in [0.1, 0.15) is 6.04 Å². The van der Waals surface area contributed by atoms with Crippen molar-refractivity contribution in [3.63, 3.8) is 0 Å². The fourth-order valence-corrected chi connectivity index (χ4v) is 2.31. The van der Waals surface area contributed by atoms with Gasteiger partial charge in [0.05, 0.1) is 0 Å². The lowest BCUT2D eigenvalue weighted by molar-refractivity contribution is -0.140. The first-order valence-electron chi connectivity index (χ1n) is 5.26. The van der Waals surface area contributed by atoms with E-state index >= 15 is 0 Å². The average Bonchev–Trinajstić information content (AvgIpc) is 2.68. The third-order valence-electron chi connectivity index (χ3n) is 2.80. The predicted molar refractivity (Wildman–Crippen MR) is 75.2 cm³/mol. The highest BCUT2D eigenvalue weighted by Gasteiger charge is 2.22. The highest BCUT2D eigenvalue weighted by molar-refractivity contribution is 14.1. The Kier molecular flexibility index (Phi) is 3.68. The molecule has 5 heteroatoms. The lowest BCUT2D eigenvalue weighted by Gasteiger charge is -2.17. The van der Waals surface area contributed by atoms with Crippen LogP contribution in [0.2, 0.25) is 0 Å². The molecule has 1 atom stereocenters. The minimum atomic E-state index is -0.799. The lowest BCUT2D eigenvalue weighted by atomic mass is 10.1. The van der Waals surface area contributed by atoms with E-state index in [4.69, 9.17) is 5.11 Å². The minimum Gasteiger partial charge on any atom is -0.480 e. The number of benzene rings is 1. The number of carboxylic acids is 1. The van der Waals surface area contributed by atoms with Gasteiger partial charge in [0.15, 0.2) is 0 Å². The molecule has 0 saturated carbocycles. The number of likely N-dealkylation sites (N-methyl/N-ethyl adjacent to an activating group) is 1. The van der Waals surface area contributed by atoms with E-state index < -0.39 is 12.0 Å². The van der Waals surface area contributed by atoms with Crippen LogP contribution in [0.5, 0.6) is 0 Å². The number of hydrogen-bond acceptors (Lipinski definition) is 2. The summed E-state index contributed by atoms with van der Waals surface area (Å²) in [7, 11) is 1.77. The summed E-state index contributed by atoms with van der Waals surface area (Å²) in [5.74, 6) is -0.799. The van der Waals surface area contributed by atoms with Gasteiger partial charge in [0.25, 0.3) is 0 Å². The van der Waals surface area contributed by atoms with Crippen LogP contribution >= 0.6 is 22.9 Å². The third-order valence-corrected chi connectivity index (χ3v) is 3.48. The number of aromatic amines is 1. The van der Waals surface area contributed by atoms with Gasteiger partial charge >= 0.3 is 5.97 Å². The van der Waals surface area contributed by atoms with E-state index in [0.29, 0.717) is 6.42 Å². The number of rotatable bonds is 4. The number of H-pyrrole nitrogens is 1. The summed E-state index contributed by atoms with van der Waals surface area (Å²) in [6.07, 6.45) is 2.39. The van der Waals surface area contributed by atoms with Crippen LogP contribution in [0.25, 0.3) is 10.9 Å². The number of halogens is 1. The Morgan fingerprint density at radius 1 is 1.53 bits per heavy atom. The van der Waals surface area contributed by atoms with Gasteiger partial charge in [-0.05, 0) is 18.7 Å². The summed E-state index contributed by atoms with van der Waals surface area (Å²) < 4.78 is 1.70.